The number of rotatable bonds is 24. The van der Waals surface area contributed by atoms with Crippen LogP contribution in [0.1, 0.15) is 32.4 Å². The van der Waals surface area contributed by atoms with Gasteiger partial charge in [-0.15, -0.1) is 0 Å². The number of isothiocyanates is 1. The highest BCUT2D eigenvalue weighted by Gasteiger charge is 2.15. The van der Waals surface area contributed by atoms with Crippen molar-refractivity contribution in [2.24, 2.45) is 4.99 Å². The number of aliphatic hydroxyl groups is 2. The molecule has 1 atom stereocenters. The quantitative estimate of drug-likeness (QED) is 0.0737. The molecule has 2 heterocycles. The van der Waals surface area contributed by atoms with Gasteiger partial charge in [-0.3, -0.25) is 9.80 Å². The average molecular weight is 638 g/mol. The molecule has 0 radical (unpaired) electrons. The Bertz CT molecular complexity index is 1170. The van der Waals surface area contributed by atoms with Crippen molar-refractivity contribution in [3.8, 4) is 0 Å². The molecule has 0 saturated heterocycles. The molecule has 0 spiro atoms. The zero-order valence-electron chi connectivity index (χ0n) is 23.9. The van der Waals surface area contributed by atoms with E-state index in [4.69, 9.17) is 9.47 Å². The molecular weight excluding hydrogens is 598 g/mol. The van der Waals surface area contributed by atoms with E-state index in [2.05, 4.69) is 32.3 Å². The highest BCUT2D eigenvalue weighted by Crippen LogP contribution is 2.10. The summed E-state index contributed by atoms with van der Waals surface area (Å²) in [5.74, 6) is -0.792. The first-order valence-corrected chi connectivity index (χ1v) is 15.3. The second-order valence-corrected chi connectivity index (χ2v) is 10.6. The van der Waals surface area contributed by atoms with E-state index in [-0.39, 0.29) is 30.7 Å². The summed E-state index contributed by atoms with van der Waals surface area (Å²) in [5, 5.41) is 39.8. The summed E-state index contributed by atoms with van der Waals surface area (Å²) >= 11 is 6.27. The first-order valence-electron chi connectivity index (χ1n) is 13.7. The number of aromatic nitrogens is 2. The summed E-state index contributed by atoms with van der Waals surface area (Å²) in [4.78, 5) is 38.6. The molecule has 2 aromatic rings. The molecule has 0 bridgehead atoms. The molecule has 0 amide bonds. The number of carbonyl (C=O) groups is 2. The molecule has 0 aromatic carbocycles. The van der Waals surface area contributed by atoms with Gasteiger partial charge in [0.15, 0.2) is 0 Å². The number of aromatic carboxylic acids is 2. The predicted octanol–water partition coefficient (Wildman–Crippen LogP) is 1.40. The molecule has 0 aliphatic rings. The zero-order valence-corrected chi connectivity index (χ0v) is 25.5. The Morgan fingerprint density at radius 1 is 0.907 bits per heavy atom. The van der Waals surface area contributed by atoms with Crippen LogP contribution in [-0.4, -0.2) is 141 Å². The largest absolute Gasteiger partial charge is 0.477 e. The fraction of sp³-hybridized carbons (Fsp3) is 0.536. The lowest BCUT2D eigenvalue weighted by molar-refractivity contribution is -0.0175. The van der Waals surface area contributed by atoms with Crippen LogP contribution in [0, 0.1) is 0 Å². The van der Waals surface area contributed by atoms with Crippen LogP contribution in [-0.2, 0) is 22.6 Å². The van der Waals surface area contributed by atoms with Gasteiger partial charge in [0.05, 0.1) is 62.2 Å². The monoisotopic (exact) mass is 637 g/mol. The summed E-state index contributed by atoms with van der Waals surface area (Å²) in [6, 6.07) is 9.63. The van der Waals surface area contributed by atoms with Crippen LogP contribution < -0.4 is 0 Å². The van der Waals surface area contributed by atoms with Gasteiger partial charge in [-0.25, -0.2) is 24.5 Å². The Morgan fingerprint density at radius 2 is 1.47 bits per heavy atom. The molecule has 15 heteroatoms. The third-order valence-corrected chi connectivity index (χ3v) is 7.20. The summed E-state index contributed by atoms with van der Waals surface area (Å²) < 4.78 is 12.1. The van der Waals surface area contributed by atoms with Crippen molar-refractivity contribution in [1.29, 1.82) is 0 Å². The summed E-state index contributed by atoms with van der Waals surface area (Å²) in [5.41, 5.74) is 1.10. The third kappa shape index (κ3) is 15.4. The fourth-order valence-corrected chi connectivity index (χ4v) is 4.86. The lowest BCUT2D eigenvalue weighted by atomic mass is 10.3. The molecule has 4 N–H and O–H groups in total. The Balaban J connectivity index is 1.89. The van der Waals surface area contributed by atoms with Crippen molar-refractivity contribution in [3.63, 3.8) is 0 Å². The molecule has 13 nitrogen and oxygen atoms in total. The van der Waals surface area contributed by atoms with Gasteiger partial charge in [0.1, 0.15) is 11.4 Å². The number of thiocarbonyl (C=S) groups is 1. The molecule has 0 aliphatic heterocycles. The van der Waals surface area contributed by atoms with E-state index in [9.17, 15) is 30.0 Å². The molecule has 2 aromatic heterocycles. The van der Waals surface area contributed by atoms with Crippen molar-refractivity contribution >= 4 is 41.1 Å². The van der Waals surface area contributed by atoms with E-state index in [0.717, 1.165) is 5.75 Å². The van der Waals surface area contributed by atoms with Crippen LogP contribution in [0.5, 0.6) is 0 Å². The first kappa shape index (κ1) is 36.3. The van der Waals surface area contributed by atoms with E-state index >= 15 is 0 Å². The van der Waals surface area contributed by atoms with Crippen LogP contribution in [0.4, 0.5) is 0 Å². The number of ether oxygens (including phenoxy) is 2. The molecule has 0 aliphatic carbocycles. The maximum absolute atomic E-state index is 11.3. The Hall–Kier alpha value is -2.85. The number of hydrogen-bond donors (Lipinski definition) is 4. The maximum atomic E-state index is 11.3. The summed E-state index contributed by atoms with van der Waals surface area (Å²) in [7, 11) is 0. The average Bonchev–Trinajstić information content (AvgIpc) is 2.99. The van der Waals surface area contributed by atoms with Gasteiger partial charge in [-0.05, 0) is 36.5 Å². The molecule has 2 rings (SSSR count). The lowest BCUT2D eigenvalue weighted by Gasteiger charge is -2.24. The topological polar surface area (TPSA) is 178 Å². The Labute approximate surface area is 260 Å². The van der Waals surface area contributed by atoms with Gasteiger partial charge in [0, 0.05) is 50.8 Å². The van der Waals surface area contributed by atoms with Crippen LogP contribution in [0.3, 0.4) is 0 Å². The number of thioether (sulfide) groups is 1. The molecular formula is C28H39N5O8S2. The molecule has 0 unspecified atom stereocenters. The number of pyridine rings is 2. The van der Waals surface area contributed by atoms with Crippen molar-refractivity contribution in [3.05, 3.63) is 59.2 Å². The lowest BCUT2D eigenvalue weighted by Crippen LogP contribution is -2.34. The second-order valence-electron chi connectivity index (χ2n) is 9.25. The highest BCUT2D eigenvalue weighted by atomic mass is 32.2. The van der Waals surface area contributed by atoms with Crippen LogP contribution >= 0.6 is 24.0 Å². The minimum Gasteiger partial charge on any atom is -0.477 e. The van der Waals surface area contributed by atoms with Gasteiger partial charge < -0.3 is 29.9 Å². The first-order chi connectivity index (χ1) is 20.9. The van der Waals surface area contributed by atoms with E-state index in [1.807, 2.05) is 9.80 Å². The molecule has 43 heavy (non-hydrogen) atoms. The molecule has 0 fully saturated rings. The van der Waals surface area contributed by atoms with E-state index in [0.29, 0.717) is 82.8 Å². The van der Waals surface area contributed by atoms with Gasteiger partial charge in [-0.1, -0.05) is 12.1 Å². The van der Waals surface area contributed by atoms with E-state index < -0.39 is 11.9 Å². The molecule has 0 saturated carbocycles. The third-order valence-electron chi connectivity index (χ3n) is 5.99. The Morgan fingerprint density at radius 3 is 1.98 bits per heavy atom. The number of carboxylic acid groups (broad SMARTS) is 2. The van der Waals surface area contributed by atoms with Crippen molar-refractivity contribution < 1.29 is 39.5 Å². The van der Waals surface area contributed by atoms with Gasteiger partial charge >= 0.3 is 11.9 Å². The summed E-state index contributed by atoms with van der Waals surface area (Å²) in [6.07, 6.45) is -0.230. The maximum Gasteiger partial charge on any atom is 0.354 e. The van der Waals surface area contributed by atoms with Crippen molar-refractivity contribution in [2.75, 3.05) is 77.3 Å². The van der Waals surface area contributed by atoms with Crippen molar-refractivity contribution in [1.82, 2.24) is 19.8 Å². The van der Waals surface area contributed by atoms with Gasteiger partial charge in [0.2, 0.25) is 0 Å². The number of aliphatic hydroxyl groups excluding tert-OH is 2. The minimum atomic E-state index is -1.10. The van der Waals surface area contributed by atoms with Crippen LogP contribution in [0.15, 0.2) is 41.4 Å². The van der Waals surface area contributed by atoms with Crippen molar-refractivity contribution in [2.45, 2.75) is 19.2 Å². The van der Waals surface area contributed by atoms with Gasteiger partial charge in [-0.2, -0.15) is 11.8 Å². The minimum absolute atomic E-state index is 0.0333. The van der Waals surface area contributed by atoms with Gasteiger partial charge in [0.25, 0.3) is 0 Å². The van der Waals surface area contributed by atoms with E-state index in [1.54, 1.807) is 36.0 Å². The fourth-order valence-electron chi connectivity index (χ4n) is 3.93. The molecule has 236 valence electrons. The number of carboxylic acids is 2. The van der Waals surface area contributed by atoms with Crippen LogP contribution in [0.25, 0.3) is 0 Å². The van der Waals surface area contributed by atoms with Crippen LogP contribution in [0.2, 0.25) is 0 Å². The smallest absolute Gasteiger partial charge is 0.354 e. The highest BCUT2D eigenvalue weighted by molar-refractivity contribution is 7.99. The van der Waals surface area contributed by atoms with E-state index in [1.165, 1.54) is 12.1 Å². The standard InChI is InChI=1S/C28H39N5O8S2/c34-12-8-32(17-22-3-1-5-25(30-22)27(36)37)10-14-40-19-24(20-43-16-7-29-21-42)41-15-11-33(9-13-35)18-23-4-2-6-26(31-23)28(38)39/h1-6,24,34-35H,7-20H2,(H,36,37)(H,38,39)/t24-/m0/s1. The normalized spacial score (nSPS) is 11.9. The Kier molecular flexibility index (Phi) is 18.4. The number of aliphatic imine (C=N–C) groups is 1. The number of hydrogen-bond acceptors (Lipinski definition) is 13. The SMILES string of the molecule is O=C(O)c1cccc(CN(CCO)CCOC[C@@H](CSCCN=C=S)OCCN(CCO)Cc2cccc(C(=O)O)n2)n1. The zero-order chi connectivity index (χ0) is 31.3. The predicted molar refractivity (Wildman–Crippen MR) is 165 cm³/mol. The number of nitrogens with zero attached hydrogens (tertiary/aromatic N) is 5. The second kappa shape index (κ2) is 21.8. The summed E-state index contributed by atoms with van der Waals surface area (Å²) in [6.45, 7) is 3.93.